The molecule has 0 aliphatic heterocycles. The second kappa shape index (κ2) is 12.4. The van der Waals surface area contributed by atoms with Gasteiger partial charge in [-0.25, -0.2) is 0 Å². The normalized spacial score (nSPS) is 19.7. The van der Waals surface area contributed by atoms with Gasteiger partial charge in [-0.1, -0.05) is 6.07 Å². The van der Waals surface area contributed by atoms with Crippen molar-refractivity contribution in [2.45, 2.75) is 44.2 Å². The summed E-state index contributed by atoms with van der Waals surface area (Å²) in [6.45, 7) is 0.277. The summed E-state index contributed by atoms with van der Waals surface area (Å²) in [5.41, 5.74) is 2.04. The molecule has 1 aliphatic rings. The fourth-order valence-electron chi connectivity index (χ4n) is 3.57. The van der Waals surface area contributed by atoms with Crippen molar-refractivity contribution in [2.75, 3.05) is 6.54 Å². The number of nitrogens with zero attached hydrogens (tertiary/aromatic N) is 3. The van der Waals surface area contributed by atoms with Gasteiger partial charge in [0, 0.05) is 50.2 Å². The van der Waals surface area contributed by atoms with Gasteiger partial charge in [0.05, 0.1) is 12.1 Å². The summed E-state index contributed by atoms with van der Waals surface area (Å²) in [5.74, 6) is -0.483. The van der Waals surface area contributed by atoms with E-state index in [2.05, 4.69) is 20.7 Å². The van der Waals surface area contributed by atoms with E-state index in [9.17, 15) is 14.7 Å². The van der Waals surface area contributed by atoms with Crippen LogP contribution in [0.2, 0.25) is 0 Å². The number of aryl methyl sites for hydroxylation is 2. The lowest BCUT2D eigenvalue weighted by molar-refractivity contribution is -0.125. The molecule has 2 amide bonds. The molecule has 0 radical (unpaired) electrons. The lowest BCUT2D eigenvalue weighted by Gasteiger charge is -2.16. The van der Waals surface area contributed by atoms with Gasteiger partial charge in [0.25, 0.3) is 6.47 Å². The molecule has 3 rings (SSSR count). The molecule has 0 spiro atoms. The second-order valence-corrected chi connectivity index (χ2v) is 7.36. The van der Waals surface area contributed by atoms with Crippen molar-refractivity contribution in [1.82, 2.24) is 25.4 Å². The van der Waals surface area contributed by atoms with Crippen molar-refractivity contribution in [1.29, 1.82) is 0 Å². The van der Waals surface area contributed by atoms with E-state index in [1.165, 1.54) is 0 Å². The van der Waals surface area contributed by atoms with E-state index in [1.54, 1.807) is 23.3 Å². The third kappa shape index (κ3) is 7.82. The predicted molar refractivity (Wildman–Crippen MR) is 112 cm³/mol. The van der Waals surface area contributed by atoms with Crippen molar-refractivity contribution in [2.24, 2.45) is 13.0 Å². The highest BCUT2D eigenvalue weighted by Crippen LogP contribution is 2.26. The molecule has 31 heavy (non-hydrogen) atoms. The van der Waals surface area contributed by atoms with Gasteiger partial charge in [0.1, 0.15) is 0 Å². The molecule has 2 aromatic rings. The van der Waals surface area contributed by atoms with Crippen LogP contribution in [0.5, 0.6) is 0 Å². The van der Waals surface area contributed by atoms with Crippen LogP contribution in [0.3, 0.4) is 0 Å². The molecule has 2 heterocycles. The number of carboxylic acid groups (broad SMARTS) is 1. The summed E-state index contributed by atoms with van der Waals surface area (Å²) in [5, 5.41) is 27.0. The van der Waals surface area contributed by atoms with Crippen molar-refractivity contribution in [3.63, 3.8) is 0 Å². The Morgan fingerprint density at radius 2 is 2.03 bits per heavy atom. The highest BCUT2D eigenvalue weighted by molar-refractivity contribution is 5.80. The van der Waals surface area contributed by atoms with Gasteiger partial charge in [-0.2, -0.15) is 5.10 Å². The van der Waals surface area contributed by atoms with Crippen LogP contribution in [-0.4, -0.2) is 62.0 Å². The fourth-order valence-corrected chi connectivity index (χ4v) is 3.57. The molecule has 10 nitrogen and oxygen atoms in total. The maximum Gasteiger partial charge on any atom is 0.290 e. The molecule has 0 saturated heterocycles. The standard InChI is InChI=1S/C20H27N5O3.CH2O2/c1-25-16(7-10-23-25)4-5-19(27)24-17-11-15(12-18(17)26)20(28)22-9-6-14-3-2-8-21-13-14;2-1-3/h2-3,7-8,10,13,15,17-18,26H,4-6,9,11-12H2,1H3,(H,22,28)(H,24,27);1H,(H,2,3)/t15-,17+,18+;/m0./s1. The van der Waals surface area contributed by atoms with Gasteiger partial charge in [0.15, 0.2) is 0 Å². The van der Waals surface area contributed by atoms with Crippen LogP contribution in [-0.2, 0) is 34.3 Å². The van der Waals surface area contributed by atoms with Crippen LogP contribution < -0.4 is 10.6 Å². The summed E-state index contributed by atoms with van der Waals surface area (Å²) in [6, 6.07) is 5.33. The molecular weight excluding hydrogens is 402 g/mol. The Morgan fingerprint density at radius 1 is 1.26 bits per heavy atom. The molecule has 2 aromatic heterocycles. The molecule has 3 atom stereocenters. The maximum atomic E-state index is 12.4. The number of hydrogen-bond acceptors (Lipinski definition) is 6. The van der Waals surface area contributed by atoms with Gasteiger partial charge in [-0.05, 0) is 43.4 Å². The van der Waals surface area contributed by atoms with Gasteiger partial charge in [-0.15, -0.1) is 0 Å². The molecule has 1 fully saturated rings. The van der Waals surface area contributed by atoms with Gasteiger partial charge in [-0.3, -0.25) is 24.0 Å². The van der Waals surface area contributed by atoms with E-state index in [1.807, 2.05) is 25.2 Å². The Balaban J connectivity index is 0.00000107. The monoisotopic (exact) mass is 431 g/mol. The summed E-state index contributed by atoms with van der Waals surface area (Å²) in [7, 11) is 1.84. The van der Waals surface area contributed by atoms with E-state index in [-0.39, 0.29) is 30.2 Å². The maximum absolute atomic E-state index is 12.4. The third-order valence-corrected chi connectivity index (χ3v) is 5.21. The number of carbonyl (C=O) groups is 3. The largest absolute Gasteiger partial charge is 0.483 e. The third-order valence-electron chi connectivity index (χ3n) is 5.21. The zero-order valence-corrected chi connectivity index (χ0v) is 17.5. The molecular formula is C21H29N5O5. The first-order valence-corrected chi connectivity index (χ1v) is 10.1. The Kier molecular flexibility index (Phi) is 9.63. The van der Waals surface area contributed by atoms with Crippen LogP contribution in [0.1, 0.15) is 30.5 Å². The van der Waals surface area contributed by atoms with Crippen LogP contribution in [0.15, 0.2) is 36.8 Å². The highest BCUT2D eigenvalue weighted by Gasteiger charge is 2.37. The van der Waals surface area contributed by atoms with E-state index >= 15 is 0 Å². The van der Waals surface area contributed by atoms with Crippen molar-refractivity contribution in [3.8, 4) is 0 Å². The number of aliphatic hydroxyl groups is 1. The topological polar surface area (TPSA) is 146 Å². The number of nitrogens with one attached hydrogen (secondary N) is 2. The number of hydrogen-bond donors (Lipinski definition) is 4. The first-order valence-electron chi connectivity index (χ1n) is 10.1. The Labute approximate surface area is 180 Å². The number of carbonyl (C=O) groups excluding carboxylic acids is 2. The van der Waals surface area contributed by atoms with Crippen LogP contribution >= 0.6 is 0 Å². The number of aromatic nitrogens is 3. The lowest BCUT2D eigenvalue weighted by Crippen LogP contribution is -2.40. The average molecular weight is 431 g/mol. The number of amides is 2. The van der Waals surface area contributed by atoms with Crippen molar-refractivity contribution >= 4 is 18.3 Å². The Morgan fingerprint density at radius 3 is 2.68 bits per heavy atom. The summed E-state index contributed by atoms with van der Waals surface area (Å²) in [6.07, 6.45) is 6.94. The SMILES string of the molecule is Cn1nccc1CCC(=O)N[C@@H]1C[C@H](C(=O)NCCc2cccnc2)C[C@H]1O.O=CO. The summed E-state index contributed by atoms with van der Waals surface area (Å²) in [4.78, 5) is 37.0. The fraction of sp³-hybridized carbons (Fsp3) is 0.476. The second-order valence-electron chi connectivity index (χ2n) is 7.36. The Hall–Kier alpha value is -3.27. The zero-order valence-electron chi connectivity index (χ0n) is 17.5. The average Bonchev–Trinajstić information content (AvgIpc) is 3.33. The minimum absolute atomic E-state index is 0.0745. The van der Waals surface area contributed by atoms with Crippen molar-refractivity contribution < 1.29 is 24.6 Å². The number of rotatable bonds is 8. The smallest absolute Gasteiger partial charge is 0.290 e. The molecule has 0 aromatic carbocycles. The molecule has 1 aliphatic carbocycles. The van der Waals surface area contributed by atoms with Gasteiger partial charge in [0.2, 0.25) is 11.8 Å². The quantitative estimate of drug-likeness (QED) is 0.432. The van der Waals surface area contributed by atoms with Gasteiger partial charge < -0.3 is 20.8 Å². The summed E-state index contributed by atoms with van der Waals surface area (Å²) >= 11 is 0. The highest BCUT2D eigenvalue weighted by atomic mass is 16.3. The molecule has 1 saturated carbocycles. The minimum atomic E-state index is -0.699. The first kappa shape index (κ1) is 24.0. The molecule has 0 bridgehead atoms. The minimum Gasteiger partial charge on any atom is -0.483 e. The van der Waals surface area contributed by atoms with Crippen LogP contribution in [0.4, 0.5) is 0 Å². The van der Waals surface area contributed by atoms with E-state index in [0.29, 0.717) is 38.6 Å². The Bertz CT molecular complexity index is 842. The van der Waals surface area contributed by atoms with Crippen LogP contribution in [0, 0.1) is 5.92 Å². The van der Waals surface area contributed by atoms with Gasteiger partial charge >= 0.3 is 0 Å². The van der Waals surface area contributed by atoms with Crippen LogP contribution in [0.25, 0.3) is 0 Å². The van der Waals surface area contributed by atoms with E-state index in [0.717, 1.165) is 11.3 Å². The molecule has 0 unspecified atom stereocenters. The predicted octanol–water partition coefficient (Wildman–Crippen LogP) is 0.0631. The van der Waals surface area contributed by atoms with E-state index in [4.69, 9.17) is 9.90 Å². The van der Waals surface area contributed by atoms with E-state index < -0.39 is 6.10 Å². The summed E-state index contributed by atoms with van der Waals surface area (Å²) < 4.78 is 1.74. The zero-order chi connectivity index (χ0) is 22.6. The molecule has 4 N–H and O–H groups in total. The lowest BCUT2D eigenvalue weighted by atomic mass is 10.1. The molecule has 10 heteroatoms. The number of aliphatic hydroxyl groups excluding tert-OH is 1. The first-order chi connectivity index (χ1) is 14.9. The van der Waals surface area contributed by atoms with Crippen molar-refractivity contribution in [3.05, 3.63) is 48.0 Å². The molecule has 168 valence electrons. The number of pyridine rings is 1.